The molecule has 6 rings (SSSR count). The largest absolute Gasteiger partial charge is 0.436 e. The molecule has 0 radical (unpaired) electrons. The van der Waals surface area contributed by atoms with Crippen LogP contribution in [0, 0.1) is 0 Å². The molecule has 1 atom stereocenters. The number of anilines is 1. The molecule has 8 nitrogen and oxygen atoms in total. The van der Waals surface area contributed by atoms with Crippen LogP contribution in [0.1, 0.15) is 12.0 Å². The van der Waals surface area contributed by atoms with Crippen LogP contribution in [0.3, 0.4) is 0 Å². The first-order chi connectivity index (χ1) is 18.8. The van der Waals surface area contributed by atoms with Crippen molar-refractivity contribution < 1.29 is 22.4 Å². The van der Waals surface area contributed by atoms with Crippen molar-refractivity contribution in [3.8, 4) is 11.5 Å². The zero-order valence-electron chi connectivity index (χ0n) is 20.2. The van der Waals surface area contributed by atoms with E-state index in [-0.39, 0.29) is 17.2 Å². The normalized spacial score (nSPS) is 16.1. The number of carbonyl (C=O) groups is 2. The number of oxazole rings is 1. The molecule has 39 heavy (non-hydrogen) atoms. The molecule has 3 heterocycles. The molecule has 1 aliphatic rings. The van der Waals surface area contributed by atoms with E-state index in [0.29, 0.717) is 33.3 Å². The van der Waals surface area contributed by atoms with Crippen molar-refractivity contribution in [1.29, 1.82) is 0 Å². The summed E-state index contributed by atoms with van der Waals surface area (Å²) in [5.74, 6) is -0.709. The zero-order chi connectivity index (χ0) is 27.1. The molecule has 0 aliphatic carbocycles. The van der Waals surface area contributed by atoms with Crippen LogP contribution in [0.2, 0.25) is 5.02 Å². The van der Waals surface area contributed by atoms with Crippen molar-refractivity contribution in [3.63, 3.8) is 0 Å². The number of fused-ring (bicyclic) bond motifs is 1. The minimum atomic E-state index is -4.10. The number of benzene rings is 3. The summed E-state index contributed by atoms with van der Waals surface area (Å²) in [6.07, 6.45) is -0.291. The highest BCUT2D eigenvalue weighted by atomic mass is 35.5. The number of carbonyl (C=O) groups excluding carboxylic acids is 2. The van der Waals surface area contributed by atoms with Crippen molar-refractivity contribution in [2.45, 2.75) is 23.2 Å². The van der Waals surface area contributed by atoms with Crippen molar-refractivity contribution >= 4 is 61.6 Å². The number of aromatic nitrogens is 1. The van der Waals surface area contributed by atoms with Crippen LogP contribution in [-0.2, 0) is 26.2 Å². The Morgan fingerprint density at radius 2 is 1.72 bits per heavy atom. The molecule has 1 unspecified atom stereocenters. The summed E-state index contributed by atoms with van der Waals surface area (Å²) in [5.41, 5.74) is 2.90. The van der Waals surface area contributed by atoms with Crippen LogP contribution in [0.25, 0.3) is 22.6 Å². The van der Waals surface area contributed by atoms with Gasteiger partial charge in [0.15, 0.2) is 5.58 Å². The average molecular weight is 578 g/mol. The van der Waals surface area contributed by atoms with Crippen LogP contribution in [0.15, 0.2) is 98.9 Å². The number of hydrogen-bond donors (Lipinski definition) is 0. The second-order valence-corrected chi connectivity index (χ2v) is 12.4. The molecule has 0 bridgehead atoms. The fourth-order valence-electron chi connectivity index (χ4n) is 4.54. The number of rotatable bonds is 7. The van der Waals surface area contributed by atoms with E-state index in [0.717, 1.165) is 26.1 Å². The van der Waals surface area contributed by atoms with Crippen molar-refractivity contribution in [1.82, 2.24) is 9.29 Å². The molecule has 2 amide bonds. The maximum absolute atomic E-state index is 13.7. The molecule has 196 valence electrons. The van der Waals surface area contributed by atoms with Crippen LogP contribution in [0.4, 0.5) is 5.69 Å². The number of thiophene rings is 1. The molecular weight excluding hydrogens is 558 g/mol. The van der Waals surface area contributed by atoms with Gasteiger partial charge in [0.1, 0.15) is 15.8 Å². The van der Waals surface area contributed by atoms with Crippen LogP contribution in [0.5, 0.6) is 0 Å². The minimum Gasteiger partial charge on any atom is -0.436 e. The van der Waals surface area contributed by atoms with Crippen molar-refractivity contribution in [2.75, 3.05) is 4.90 Å². The molecule has 0 spiro atoms. The van der Waals surface area contributed by atoms with E-state index in [1.807, 2.05) is 24.3 Å². The summed E-state index contributed by atoms with van der Waals surface area (Å²) in [6, 6.07) is 22.7. The van der Waals surface area contributed by atoms with Gasteiger partial charge in [-0.15, -0.1) is 11.3 Å². The lowest BCUT2D eigenvalue weighted by atomic mass is 10.2. The number of hydrogen-bond acceptors (Lipinski definition) is 7. The zero-order valence-corrected chi connectivity index (χ0v) is 22.6. The molecule has 2 aromatic heterocycles. The SMILES string of the molecule is O=C1CC(N(Cc2ccccc2Cl)S(=O)(=O)c2cccs2)C(=O)N1c1ccc(-c2nc3ccccc3o2)cc1. The summed E-state index contributed by atoms with van der Waals surface area (Å²) in [6.45, 7) is -0.159. The van der Waals surface area contributed by atoms with Gasteiger partial charge in [-0.3, -0.25) is 9.59 Å². The van der Waals surface area contributed by atoms with Gasteiger partial charge in [-0.1, -0.05) is 48.0 Å². The van der Waals surface area contributed by atoms with Crippen molar-refractivity contribution in [3.05, 3.63) is 101 Å². The van der Waals surface area contributed by atoms with Gasteiger partial charge in [0.2, 0.25) is 11.8 Å². The maximum Gasteiger partial charge on any atom is 0.253 e. The number of halogens is 1. The van der Waals surface area contributed by atoms with E-state index in [2.05, 4.69) is 4.98 Å². The molecule has 1 fully saturated rings. The van der Waals surface area contributed by atoms with Crippen LogP contribution in [-0.4, -0.2) is 35.6 Å². The number of amides is 2. The Hall–Kier alpha value is -3.83. The number of nitrogens with zero attached hydrogens (tertiary/aromatic N) is 3. The van der Waals surface area contributed by atoms with Gasteiger partial charge in [-0.05, 0) is 59.5 Å². The number of imide groups is 1. The van der Waals surface area contributed by atoms with Gasteiger partial charge in [0, 0.05) is 17.1 Å². The smallest absolute Gasteiger partial charge is 0.253 e. The first kappa shape index (κ1) is 25.4. The van der Waals surface area contributed by atoms with Gasteiger partial charge in [-0.2, -0.15) is 4.31 Å². The molecule has 11 heteroatoms. The third-order valence-corrected chi connectivity index (χ3v) is 10.1. The molecule has 1 saturated heterocycles. The molecule has 5 aromatic rings. The quantitative estimate of drug-likeness (QED) is 0.229. The fourth-order valence-corrected chi connectivity index (χ4v) is 7.42. The van der Waals surface area contributed by atoms with Crippen molar-refractivity contribution in [2.24, 2.45) is 0 Å². The Kier molecular flexibility index (Phi) is 6.56. The second kappa shape index (κ2) is 10.0. The second-order valence-electron chi connectivity index (χ2n) is 8.89. The average Bonchev–Trinajstić information content (AvgIpc) is 3.68. The monoisotopic (exact) mass is 577 g/mol. The molecule has 3 aromatic carbocycles. The topological polar surface area (TPSA) is 101 Å². The molecular formula is C28H20ClN3O5S2. The lowest BCUT2D eigenvalue weighted by Crippen LogP contribution is -2.44. The van der Waals surface area contributed by atoms with Crippen LogP contribution >= 0.6 is 22.9 Å². The summed E-state index contributed by atoms with van der Waals surface area (Å²) in [5, 5.41) is 2.01. The Balaban J connectivity index is 1.32. The van der Waals surface area contributed by atoms with Gasteiger partial charge in [-0.25, -0.2) is 18.3 Å². The molecule has 0 saturated carbocycles. The number of para-hydroxylation sites is 2. The highest BCUT2D eigenvalue weighted by Crippen LogP contribution is 2.34. The Morgan fingerprint density at radius 1 is 0.974 bits per heavy atom. The van der Waals surface area contributed by atoms with E-state index < -0.39 is 27.9 Å². The van der Waals surface area contributed by atoms with Crippen LogP contribution < -0.4 is 4.90 Å². The third kappa shape index (κ3) is 4.65. The first-order valence-corrected chi connectivity index (χ1v) is 14.6. The van der Waals surface area contributed by atoms with Gasteiger partial charge in [0.05, 0.1) is 12.1 Å². The highest BCUT2D eigenvalue weighted by molar-refractivity contribution is 7.91. The lowest BCUT2D eigenvalue weighted by molar-refractivity contribution is -0.122. The standard InChI is InChI=1S/C28H20ClN3O5S2/c29-21-7-2-1-6-19(21)17-31(39(35,36)26-10-5-15-38-26)23-16-25(33)32(28(23)34)20-13-11-18(12-14-20)27-30-22-8-3-4-9-24(22)37-27/h1-15,23H,16-17H2. The van der Waals surface area contributed by atoms with E-state index in [1.165, 1.54) is 6.07 Å². The summed E-state index contributed by atoms with van der Waals surface area (Å²) in [4.78, 5) is 32.3. The molecule has 1 aliphatic heterocycles. The highest BCUT2D eigenvalue weighted by Gasteiger charge is 2.47. The predicted molar refractivity (Wildman–Crippen MR) is 149 cm³/mol. The Bertz CT molecular complexity index is 1770. The Labute approximate surface area is 233 Å². The number of sulfonamides is 1. The minimum absolute atomic E-state index is 0.0796. The molecule has 0 N–H and O–H groups in total. The first-order valence-electron chi connectivity index (χ1n) is 11.9. The van der Waals surface area contributed by atoms with Gasteiger partial charge in [0.25, 0.3) is 15.9 Å². The summed E-state index contributed by atoms with van der Waals surface area (Å²) < 4.78 is 34.3. The van der Waals surface area contributed by atoms with E-state index in [9.17, 15) is 18.0 Å². The van der Waals surface area contributed by atoms with E-state index in [4.69, 9.17) is 16.0 Å². The van der Waals surface area contributed by atoms with Gasteiger partial charge >= 0.3 is 0 Å². The van der Waals surface area contributed by atoms with E-state index >= 15 is 0 Å². The fraction of sp³-hybridized carbons (Fsp3) is 0.107. The predicted octanol–water partition coefficient (Wildman–Crippen LogP) is 5.73. The Morgan fingerprint density at radius 3 is 2.44 bits per heavy atom. The van der Waals surface area contributed by atoms with E-state index in [1.54, 1.807) is 60.0 Å². The lowest BCUT2D eigenvalue weighted by Gasteiger charge is -2.26. The van der Waals surface area contributed by atoms with Gasteiger partial charge < -0.3 is 4.42 Å². The third-order valence-electron chi connectivity index (χ3n) is 6.48. The maximum atomic E-state index is 13.7. The summed E-state index contributed by atoms with van der Waals surface area (Å²) >= 11 is 7.38. The summed E-state index contributed by atoms with van der Waals surface area (Å²) in [7, 11) is -4.10.